The second kappa shape index (κ2) is 5.07. The number of amides is 1. The number of benzene rings is 2. The van der Waals surface area contributed by atoms with Gasteiger partial charge in [0.05, 0.1) is 22.3 Å². The van der Waals surface area contributed by atoms with Crippen LogP contribution in [-0.4, -0.2) is 11.7 Å². The average Bonchev–Trinajstić information content (AvgIpc) is 2.69. The lowest BCUT2D eigenvalue weighted by Gasteiger charge is -2.17. The summed E-state index contributed by atoms with van der Waals surface area (Å²) in [6, 6.07) is 9.93. The molecule has 21 heavy (non-hydrogen) atoms. The van der Waals surface area contributed by atoms with E-state index in [1.807, 2.05) is 13.0 Å². The summed E-state index contributed by atoms with van der Waals surface area (Å²) in [5.74, 6) is -1.48. The van der Waals surface area contributed by atoms with Gasteiger partial charge in [0.1, 0.15) is 5.82 Å². The zero-order chi connectivity index (χ0) is 15.1. The van der Waals surface area contributed by atoms with E-state index < -0.39 is 17.5 Å². The highest BCUT2D eigenvalue weighted by molar-refractivity contribution is 9.10. The SMILES string of the molecule is Cc1ccc2c(c1)C(=O)C(=O)N2Cc1cccc(F)c1Br. The number of hydrogen-bond donors (Lipinski definition) is 0. The van der Waals surface area contributed by atoms with Gasteiger partial charge in [-0.05, 0) is 46.6 Å². The lowest BCUT2D eigenvalue weighted by atomic mass is 10.1. The first-order valence-electron chi connectivity index (χ1n) is 6.39. The number of rotatable bonds is 2. The summed E-state index contributed by atoms with van der Waals surface area (Å²) < 4.78 is 13.9. The van der Waals surface area contributed by atoms with E-state index in [-0.39, 0.29) is 6.54 Å². The first-order valence-corrected chi connectivity index (χ1v) is 7.18. The number of nitrogens with zero attached hydrogens (tertiary/aromatic N) is 1. The van der Waals surface area contributed by atoms with Gasteiger partial charge in [0.25, 0.3) is 11.7 Å². The van der Waals surface area contributed by atoms with Crippen molar-refractivity contribution in [2.45, 2.75) is 13.5 Å². The molecule has 106 valence electrons. The minimum Gasteiger partial charge on any atom is -0.300 e. The number of anilines is 1. The standard InChI is InChI=1S/C16H11BrFNO2/c1-9-5-6-13-11(7-9)15(20)16(21)19(13)8-10-3-2-4-12(18)14(10)17/h2-7H,8H2,1H3. The molecule has 0 aromatic heterocycles. The number of fused-ring (bicyclic) bond motifs is 1. The molecule has 0 saturated heterocycles. The fraction of sp³-hybridized carbons (Fsp3) is 0.125. The van der Waals surface area contributed by atoms with E-state index in [1.165, 1.54) is 11.0 Å². The summed E-state index contributed by atoms with van der Waals surface area (Å²) in [5.41, 5.74) is 2.52. The first-order chi connectivity index (χ1) is 9.99. The Kier molecular flexibility index (Phi) is 3.37. The van der Waals surface area contributed by atoms with Crippen molar-refractivity contribution in [2.24, 2.45) is 0 Å². The van der Waals surface area contributed by atoms with Gasteiger partial charge in [-0.3, -0.25) is 9.59 Å². The Balaban J connectivity index is 2.03. The van der Waals surface area contributed by atoms with Crippen LogP contribution in [0.15, 0.2) is 40.9 Å². The van der Waals surface area contributed by atoms with E-state index in [4.69, 9.17) is 0 Å². The van der Waals surface area contributed by atoms with Crippen LogP contribution in [0.25, 0.3) is 0 Å². The maximum absolute atomic E-state index is 13.6. The van der Waals surface area contributed by atoms with E-state index >= 15 is 0 Å². The van der Waals surface area contributed by atoms with Crippen LogP contribution in [0.5, 0.6) is 0 Å². The van der Waals surface area contributed by atoms with Crippen LogP contribution >= 0.6 is 15.9 Å². The van der Waals surface area contributed by atoms with Gasteiger partial charge in [-0.1, -0.05) is 23.8 Å². The summed E-state index contributed by atoms with van der Waals surface area (Å²) in [5, 5.41) is 0. The van der Waals surface area contributed by atoms with Crippen molar-refractivity contribution in [3.63, 3.8) is 0 Å². The third-order valence-corrected chi connectivity index (χ3v) is 4.37. The zero-order valence-electron chi connectivity index (χ0n) is 11.2. The van der Waals surface area contributed by atoms with Gasteiger partial charge in [-0.25, -0.2) is 4.39 Å². The molecule has 0 radical (unpaired) electrons. The first kappa shape index (κ1) is 13.9. The molecule has 0 saturated carbocycles. The average molecular weight is 348 g/mol. The molecule has 5 heteroatoms. The number of halogens is 2. The molecule has 0 atom stereocenters. The number of carbonyl (C=O) groups is 2. The quantitative estimate of drug-likeness (QED) is 0.778. The Bertz CT molecular complexity index is 773. The van der Waals surface area contributed by atoms with E-state index in [9.17, 15) is 14.0 Å². The van der Waals surface area contributed by atoms with Crippen molar-refractivity contribution < 1.29 is 14.0 Å². The summed E-state index contributed by atoms with van der Waals surface area (Å²) >= 11 is 3.18. The normalized spacial score (nSPS) is 13.8. The minimum absolute atomic E-state index is 0.152. The molecular formula is C16H11BrFNO2. The van der Waals surface area contributed by atoms with Crippen LogP contribution in [0.4, 0.5) is 10.1 Å². The molecule has 0 bridgehead atoms. The molecule has 3 rings (SSSR count). The maximum Gasteiger partial charge on any atom is 0.299 e. The van der Waals surface area contributed by atoms with Crippen molar-refractivity contribution in [1.82, 2.24) is 0 Å². The summed E-state index contributed by atoms with van der Waals surface area (Å²) in [6.45, 7) is 2.02. The number of aryl methyl sites for hydroxylation is 1. The molecule has 0 aliphatic carbocycles. The Morgan fingerprint density at radius 2 is 1.95 bits per heavy atom. The molecule has 1 aliphatic rings. The summed E-state index contributed by atoms with van der Waals surface area (Å²) in [7, 11) is 0. The van der Waals surface area contributed by atoms with E-state index in [0.29, 0.717) is 21.3 Å². The Morgan fingerprint density at radius 1 is 1.19 bits per heavy atom. The third-order valence-electron chi connectivity index (χ3n) is 3.49. The largest absolute Gasteiger partial charge is 0.300 e. The number of carbonyl (C=O) groups excluding carboxylic acids is 2. The second-order valence-electron chi connectivity index (χ2n) is 4.95. The van der Waals surface area contributed by atoms with Gasteiger partial charge >= 0.3 is 0 Å². The van der Waals surface area contributed by atoms with Crippen molar-refractivity contribution in [1.29, 1.82) is 0 Å². The van der Waals surface area contributed by atoms with Gasteiger partial charge < -0.3 is 4.90 Å². The van der Waals surface area contributed by atoms with Crippen LogP contribution in [0.2, 0.25) is 0 Å². The van der Waals surface area contributed by atoms with Crippen molar-refractivity contribution >= 4 is 33.3 Å². The van der Waals surface area contributed by atoms with Crippen LogP contribution < -0.4 is 4.90 Å². The molecule has 0 spiro atoms. The lowest BCUT2D eigenvalue weighted by Crippen LogP contribution is -2.29. The molecule has 0 N–H and O–H groups in total. The van der Waals surface area contributed by atoms with E-state index in [2.05, 4.69) is 15.9 Å². The predicted molar refractivity (Wildman–Crippen MR) is 80.8 cm³/mol. The van der Waals surface area contributed by atoms with Crippen molar-refractivity contribution in [3.8, 4) is 0 Å². The topological polar surface area (TPSA) is 37.4 Å². The Labute approximate surface area is 129 Å². The molecule has 0 unspecified atom stereocenters. The number of hydrogen-bond acceptors (Lipinski definition) is 2. The smallest absolute Gasteiger partial charge is 0.299 e. The van der Waals surface area contributed by atoms with Crippen LogP contribution in [0.1, 0.15) is 21.5 Å². The fourth-order valence-electron chi connectivity index (χ4n) is 2.41. The molecule has 3 nitrogen and oxygen atoms in total. The highest BCUT2D eigenvalue weighted by Crippen LogP contribution is 2.32. The van der Waals surface area contributed by atoms with Gasteiger partial charge in [-0.15, -0.1) is 0 Å². The van der Waals surface area contributed by atoms with Gasteiger partial charge in [0.15, 0.2) is 0 Å². The molecule has 1 heterocycles. The molecule has 1 aliphatic heterocycles. The molecular weight excluding hydrogens is 337 g/mol. The fourth-order valence-corrected chi connectivity index (χ4v) is 2.80. The van der Waals surface area contributed by atoms with Crippen LogP contribution in [0, 0.1) is 12.7 Å². The van der Waals surface area contributed by atoms with Gasteiger partial charge in [0, 0.05) is 0 Å². The Morgan fingerprint density at radius 3 is 2.71 bits per heavy atom. The molecule has 1 amide bonds. The van der Waals surface area contributed by atoms with Gasteiger partial charge in [-0.2, -0.15) is 0 Å². The monoisotopic (exact) mass is 347 g/mol. The summed E-state index contributed by atoms with van der Waals surface area (Å²) in [6.07, 6.45) is 0. The van der Waals surface area contributed by atoms with Crippen LogP contribution in [-0.2, 0) is 11.3 Å². The zero-order valence-corrected chi connectivity index (χ0v) is 12.8. The molecule has 2 aromatic rings. The van der Waals surface area contributed by atoms with Crippen molar-refractivity contribution in [3.05, 3.63) is 63.4 Å². The molecule has 0 fully saturated rings. The predicted octanol–water partition coefficient (Wildman–Crippen LogP) is 3.63. The maximum atomic E-state index is 13.6. The number of Topliss-reactive ketones (excluding diaryl/α,β-unsaturated/α-hetero) is 1. The summed E-state index contributed by atoms with van der Waals surface area (Å²) in [4.78, 5) is 25.6. The minimum atomic E-state index is -0.577. The highest BCUT2D eigenvalue weighted by atomic mass is 79.9. The van der Waals surface area contributed by atoms with Crippen LogP contribution in [0.3, 0.4) is 0 Å². The third kappa shape index (κ3) is 2.27. The lowest BCUT2D eigenvalue weighted by molar-refractivity contribution is -0.114. The van der Waals surface area contributed by atoms with E-state index in [0.717, 1.165) is 5.56 Å². The number of ketones is 1. The highest BCUT2D eigenvalue weighted by Gasteiger charge is 2.35. The van der Waals surface area contributed by atoms with Crippen molar-refractivity contribution in [2.75, 3.05) is 4.90 Å². The Hall–Kier alpha value is -2.01. The van der Waals surface area contributed by atoms with Gasteiger partial charge in [0.2, 0.25) is 0 Å². The second-order valence-corrected chi connectivity index (χ2v) is 5.75. The van der Waals surface area contributed by atoms with E-state index in [1.54, 1.807) is 24.3 Å². The molecule has 2 aromatic carbocycles.